The van der Waals surface area contributed by atoms with Gasteiger partial charge in [-0.05, 0) is 51.0 Å². The van der Waals surface area contributed by atoms with Gasteiger partial charge in [-0.2, -0.15) is 0 Å². The van der Waals surface area contributed by atoms with Gasteiger partial charge in [0.2, 0.25) is 0 Å². The van der Waals surface area contributed by atoms with Crippen LogP contribution in [0.15, 0.2) is 18.2 Å². The van der Waals surface area contributed by atoms with E-state index in [9.17, 15) is 4.79 Å². The van der Waals surface area contributed by atoms with Crippen LogP contribution in [0.25, 0.3) is 0 Å². The van der Waals surface area contributed by atoms with Crippen LogP contribution in [-0.4, -0.2) is 18.5 Å². The SMILES string of the molecule is CCCC(C)NC(=O)c1ccc(NCC)cc1C. The van der Waals surface area contributed by atoms with Crippen molar-refractivity contribution in [2.24, 2.45) is 0 Å². The molecule has 100 valence electrons. The van der Waals surface area contributed by atoms with Crippen molar-refractivity contribution >= 4 is 11.6 Å². The average molecular weight is 248 g/mol. The molecule has 0 saturated heterocycles. The Labute approximate surface area is 110 Å². The summed E-state index contributed by atoms with van der Waals surface area (Å²) in [6.45, 7) is 9.09. The number of benzene rings is 1. The van der Waals surface area contributed by atoms with Crippen molar-refractivity contribution in [3.8, 4) is 0 Å². The van der Waals surface area contributed by atoms with Crippen LogP contribution in [0, 0.1) is 6.92 Å². The molecule has 1 aromatic carbocycles. The van der Waals surface area contributed by atoms with E-state index in [0.717, 1.165) is 36.2 Å². The summed E-state index contributed by atoms with van der Waals surface area (Å²) < 4.78 is 0. The standard InChI is InChI=1S/C15H24N2O/c1-5-7-12(4)17-15(18)14-9-8-13(16-6-2)10-11(14)3/h8-10,12,16H,5-7H2,1-4H3,(H,17,18). The van der Waals surface area contributed by atoms with Gasteiger partial charge in [-0.25, -0.2) is 0 Å². The van der Waals surface area contributed by atoms with E-state index in [4.69, 9.17) is 0 Å². The van der Waals surface area contributed by atoms with Crippen LogP contribution in [0.4, 0.5) is 5.69 Å². The third-order valence-corrected chi connectivity index (χ3v) is 2.95. The Morgan fingerprint density at radius 3 is 2.61 bits per heavy atom. The van der Waals surface area contributed by atoms with E-state index >= 15 is 0 Å². The normalized spacial score (nSPS) is 12.0. The van der Waals surface area contributed by atoms with Crippen LogP contribution in [0.1, 0.15) is 49.5 Å². The summed E-state index contributed by atoms with van der Waals surface area (Å²) >= 11 is 0. The van der Waals surface area contributed by atoms with Gasteiger partial charge in [0.1, 0.15) is 0 Å². The van der Waals surface area contributed by atoms with E-state index in [1.165, 1.54) is 0 Å². The van der Waals surface area contributed by atoms with Crippen LogP contribution in [0.2, 0.25) is 0 Å². The molecular formula is C15H24N2O. The zero-order chi connectivity index (χ0) is 13.5. The minimum atomic E-state index is 0.0245. The molecule has 1 atom stereocenters. The lowest BCUT2D eigenvalue weighted by molar-refractivity contribution is 0.0937. The molecule has 0 heterocycles. The molecule has 1 amide bonds. The van der Waals surface area contributed by atoms with Crippen molar-refractivity contribution in [2.75, 3.05) is 11.9 Å². The molecule has 0 aliphatic heterocycles. The summed E-state index contributed by atoms with van der Waals surface area (Å²) in [5.74, 6) is 0.0245. The number of aryl methyl sites for hydroxylation is 1. The molecule has 0 fully saturated rings. The molecule has 0 radical (unpaired) electrons. The van der Waals surface area contributed by atoms with Gasteiger partial charge >= 0.3 is 0 Å². The molecule has 2 N–H and O–H groups in total. The fraction of sp³-hybridized carbons (Fsp3) is 0.533. The van der Waals surface area contributed by atoms with Gasteiger partial charge in [0, 0.05) is 23.8 Å². The van der Waals surface area contributed by atoms with Crippen LogP contribution in [0.5, 0.6) is 0 Å². The highest BCUT2D eigenvalue weighted by molar-refractivity contribution is 5.96. The fourth-order valence-electron chi connectivity index (χ4n) is 2.04. The molecule has 3 nitrogen and oxygen atoms in total. The number of carbonyl (C=O) groups excluding carboxylic acids is 1. The molecule has 1 unspecified atom stereocenters. The molecule has 0 saturated carbocycles. The highest BCUT2D eigenvalue weighted by Gasteiger charge is 2.11. The summed E-state index contributed by atoms with van der Waals surface area (Å²) in [5.41, 5.74) is 2.84. The van der Waals surface area contributed by atoms with Crippen molar-refractivity contribution in [2.45, 2.75) is 46.6 Å². The second kappa shape index (κ2) is 7.04. The molecule has 0 aliphatic rings. The summed E-state index contributed by atoms with van der Waals surface area (Å²) in [6.07, 6.45) is 2.10. The van der Waals surface area contributed by atoms with Gasteiger partial charge in [-0.1, -0.05) is 13.3 Å². The van der Waals surface area contributed by atoms with E-state index in [1.807, 2.05) is 32.0 Å². The van der Waals surface area contributed by atoms with Gasteiger partial charge in [0.25, 0.3) is 5.91 Å². The molecule has 0 spiro atoms. The van der Waals surface area contributed by atoms with Crippen molar-refractivity contribution < 1.29 is 4.79 Å². The van der Waals surface area contributed by atoms with Crippen LogP contribution in [0.3, 0.4) is 0 Å². The highest BCUT2D eigenvalue weighted by Crippen LogP contribution is 2.15. The Bertz CT molecular complexity index is 401. The zero-order valence-corrected chi connectivity index (χ0v) is 11.8. The average Bonchev–Trinajstić information content (AvgIpc) is 2.29. The third-order valence-electron chi connectivity index (χ3n) is 2.95. The van der Waals surface area contributed by atoms with E-state index in [2.05, 4.69) is 24.5 Å². The van der Waals surface area contributed by atoms with E-state index in [-0.39, 0.29) is 11.9 Å². The Kier molecular flexibility index (Phi) is 5.69. The molecule has 0 aromatic heterocycles. The second-order valence-corrected chi connectivity index (χ2v) is 4.72. The summed E-state index contributed by atoms with van der Waals surface area (Å²) in [4.78, 5) is 12.1. The Hall–Kier alpha value is -1.51. The minimum absolute atomic E-state index is 0.0245. The van der Waals surface area contributed by atoms with Gasteiger partial charge in [0.05, 0.1) is 0 Å². The first-order valence-corrected chi connectivity index (χ1v) is 6.73. The second-order valence-electron chi connectivity index (χ2n) is 4.72. The van der Waals surface area contributed by atoms with Gasteiger partial charge in [-0.3, -0.25) is 4.79 Å². The number of hydrogen-bond donors (Lipinski definition) is 2. The summed E-state index contributed by atoms with van der Waals surface area (Å²) in [5, 5.41) is 6.27. The third kappa shape index (κ3) is 4.06. The summed E-state index contributed by atoms with van der Waals surface area (Å²) in [6, 6.07) is 6.09. The lowest BCUT2D eigenvalue weighted by atomic mass is 10.1. The van der Waals surface area contributed by atoms with E-state index in [0.29, 0.717) is 0 Å². The molecule has 1 rings (SSSR count). The highest BCUT2D eigenvalue weighted by atomic mass is 16.1. The lowest BCUT2D eigenvalue weighted by Gasteiger charge is -2.14. The topological polar surface area (TPSA) is 41.1 Å². The molecule has 3 heteroatoms. The van der Waals surface area contributed by atoms with Gasteiger partial charge < -0.3 is 10.6 Å². The van der Waals surface area contributed by atoms with Crippen molar-refractivity contribution in [1.82, 2.24) is 5.32 Å². The minimum Gasteiger partial charge on any atom is -0.385 e. The van der Waals surface area contributed by atoms with Gasteiger partial charge in [0.15, 0.2) is 0 Å². The fourth-order valence-corrected chi connectivity index (χ4v) is 2.04. The number of amides is 1. The number of carbonyl (C=O) groups is 1. The zero-order valence-electron chi connectivity index (χ0n) is 11.8. The van der Waals surface area contributed by atoms with E-state index < -0.39 is 0 Å². The number of hydrogen-bond acceptors (Lipinski definition) is 2. The first kappa shape index (κ1) is 14.6. The maximum absolute atomic E-state index is 12.1. The van der Waals surface area contributed by atoms with Crippen LogP contribution < -0.4 is 10.6 Å². The Balaban J connectivity index is 2.74. The maximum Gasteiger partial charge on any atom is 0.251 e. The Morgan fingerprint density at radius 2 is 2.06 bits per heavy atom. The van der Waals surface area contributed by atoms with Crippen molar-refractivity contribution in [3.63, 3.8) is 0 Å². The van der Waals surface area contributed by atoms with E-state index in [1.54, 1.807) is 0 Å². The number of anilines is 1. The van der Waals surface area contributed by atoms with Gasteiger partial charge in [-0.15, -0.1) is 0 Å². The van der Waals surface area contributed by atoms with Crippen LogP contribution in [-0.2, 0) is 0 Å². The molecular weight excluding hydrogens is 224 g/mol. The monoisotopic (exact) mass is 248 g/mol. The predicted molar refractivity (Wildman–Crippen MR) is 77.2 cm³/mol. The molecule has 18 heavy (non-hydrogen) atoms. The number of nitrogens with one attached hydrogen (secondary N) is 2. The number of rotatable bonds is 6. The van der Waals surface area contributed by atoms with Crippen molar-refractivity contribution in [1.29, 1.82) is 0 Å². The summed E-state index contributed by atoms with van der Waals surface area (Å²) in [7, 11) is 0. The largest absolute Gasteiger partial charge is 0.385 e. The Morgan fingerprint density at radius 1 is 1.33 bits per heavy atom. The molecule has 0 aliphatic carbocycles. The first-order chi connectivity index (χ1) is 8.58. The lowest BCUT2D eigenvalue weighted by Crippen LogP contribution is -2.32. The first-order valence-electron chi connectivity index (χ1n) is 6.73. The quantitative estimate of drug-likeness (QED) is 0.810. The predicted octanol–water partition coefficient (Wildman–Crippen LogP) is 3.35. The maximum atomic E-state index is 12.1. The smallest absolute Gasteiger partial charge is 0.251 e. The molecule has 1 aromatic rings. The van der Waals surface area contributed by atoms with Crippen LogP contribution >= 0.6 is 0 Å². The molecule has 0 bridgehead atoms. The van der Waals surface area contributed by atoms with Crippen molar-refractivity contribution in [3.05, 3.63) is 29.3 Å².